The summed E-state index contributed by atoms with van der Waals surface area (Å²) in [5, 5.41) is 0. The predicted octanol–water partition coefficient (Wildman–Crippen LogP) is 1.76. The zero-order valence-corrected chi connectivity index (χ0v) is 12.8. The lowest BCUT2D eigenvalue weighted by molar-refractivity contribution is -0.124. The third-order valence-corrected chi connectivity index (χ3v) is 3.48. The van der Waals surface area contributed by atoms with Crippen molar-refractivity contribution in [2.75, 3.05) is 25.7 Å². The van der Waals surface area contributed by atoms with E-state index in [0.717, 1.165) is 17.9 Å². The molecular formula is C15H21N3O4. The van der Waals surface area contributed by atoms with Crippen LogP contribution in [-0.2, 0) is 9.53 Å². The van der Waals surface area contributed by atoms with Gasteiger partial charge in [0.2, 0.25) is 0 Å². The van der Waals surface area contributed by atoms with Crippen molar-refractivity contribution in [2.24, 2.45) is 0 Å². The van der Waals surface area contributed by atoms with Crippen molar-refractivity contribution in [1.29, 1.82) is 0 Å². The van der Waals surface area contributed by atoms with Gasteiger partial charge in [-0.15, -0.1) is 0 Å². The molecule has 0 spiro atoms. The molecule has 0 aliphatic carbocycles. The topological polar surface area (TPSA) is 79.9 Å². The SMILES string of the molecule is CCOC(=O)N1CCCC1C(=O)NNc1ccc(OC)cc1. The second-order valence-electron chi connectivity index (χ2n) is 4.89. The van der Waals surface area contributed by atoms with E-state index in [1.807, 2.05) is 0 Å². The van der Waals surface area contributed by atoms with Crippen LogP contribution in [0.4, 0.5) is 10.5 Å². The molecule has 1 aliphatic rings. The Kier molecular flexibility index (Phi) is 5.46. The highest BCUT2D eigenvalue weighted by Gasteiger charge is 2.34. The van der Waals surface area contributed by atoms with E-state index >= 15 is 0 Å². The first-order valence-electron chi connectivity index (χ1n) is 7.29. The van der Waals surface area contributed by atoms with Crippen LogP contribution in [0, 0.1) is 0 Å². The van der Waals surface area contributed by atoms with Gasteiger partial charge in [0, 0.05) is 6.54 Å². The molecule has 1 unspecified atom stereocenters. The van der Waals surface area contributed by atoms with Gasteiger partial charge in [0.1, 0.15) is 11.8 Å². The van der Waals surface area contributed by atoms with E-state index in [0.29, 0.717) is 19.6 Å². The van der Waals surface area contributed by atoms with Gasteiger partial charge in [-0.3, -0.25) is 20.5 Å². The van der Waals surface area contributed by atoms with Gasteiger partial charge in [0.05, 0.1) is 19.4 Å². The van der Waals surface area contributed by atoms with Gasteiger partial charge in [-0.1, -0.05) is 0 Å². The summed E-state index contributed by atoms with van der Waals surface area (Å²) in [6.07, 6.45) is 0.985. The molecule has 0 bridgehead atoms. The molecule has 120 valence electrons. The highest BCUT2D eigenvalue weighted by Crippen LogP contribution is 2.19. The maximum Gasteiger partial charge on any atom is 0.410 e. The van der Waals surface area contributed by atoms with Crippen LogP contribution in [0.3, 0.4) is 0 Å². The average molecular weight is 307 g/mol. The van der Waals surface area contributed by atoms with Crippen molar-refractivity contribution in [3.63, 3.8) is 0 Å². The van der Waals surface area contributed by atoms with E-state index in [2.05, 4.69) is 10.9 Å². The van der Waals surface area contributed by atoms with E-state index in [9.17, 15) is 9.59 Å². The molecular weight excluding hydrogens is 286 g/mol. The van der Waals surface area contributed by atoms with Crippen LogP contribution in [0.5, 0.6) is 5.75 Å². The zero-order chi connectivity index (χ0) is 15.9. The molecule has 1 aromatic carbocycles. The van der Waals surface area contributed by atoms with Crippen LogP contribution in [0.1, 0.15) is 19.8 Å². The number of hydrogen-bond donors (Lipinski definition) is 2. The predicted molar refractivity (Wildman–Crippen MR) is 81.5 cm³/mol. The van der Waals surface area contributed by atoms with Crippen LogP contribution in [0.15, 0.2) is 24.3 Å². The maximum atomic E-state index is 12.2. The molecule has 2 amide bonds. The number of amides is 2. The number of likely N-dealkylation sites (tertiary alicyclic amines) is 1. The number of anilines is 1. The molecule has 0 aromatic heterocycles. The summed E-state index contributed by atoms with van der Waals surface area (Å²) in [6, 6.07) is 6.65. The Morgan fingerprint density at radius 3 is 2.68 bits per heavy atom. The standard InChI is InChI=1S/C15H21N3O4/c1-3-22-15(20)18-10-4-5-13(18)14(19)17-16-11-6-8-12(21-2)9-7-11/h6-9,13,16H,3-5,10H2,1-2H3,(H,17,19). The Labute approximate surface area is 129 Å². The van der Waals surface area contributed by atoms with E-state index in [1.165, 1.54) is 4.90 Å². The summed E-state index contributed by atoms with van der Waals surface area (Å²) in [5.41, 5.74) is 6.19. The van der Waals surface area contributed by atoms with E-state index in [-0.39, 0.29) is 5.91 Å². The number of methoxy groups -OCH3 is 1. The molecule has 0 radical (unpaired) electrons. The van der Waals surface area contributed by atoms with Gasteiger partial charge in [-0.25, -0.2) is 4.79 Å². The van der Waals surface area contributed by atoms with Crippen molar-refractivity contribution >= 4 is 17.7 Å². The molecule has 22 heavy (non-hydrogen) atoms. The van der Waals surface area contributed by atoms with Crippen molar-refractivity contribution in [2.45, 2.75) is 25.8 Å². The molecule has 7 heteroatoms. The Balaban J connectivity index is 1.89. The van der Waals surface area contributed by atoms with E-state index in [1.54, 1.807) is 38.3 Å². The number of ether oxygens (including phenoxy) is 2. The molecule has 1 saturated heterocycles. The number of benzene rings is 1. The van der Waals surface area contributed by atoms with Crippen LogP contribution in [-0.4, -0.2) is 43.2 Å². The van der Waals surface area contributed by atoms with Gasteiger partial charge >= 0.3 is 6.09 Å². The number of hydrogen-bond acceptors (Lipinski definition) is 5. The lowest BCUT2D eigenvalue weighted by Gasteiger charge is -2.23. The molecule has 2 rings (SSSR count). The number of carbonyl (C=O) groups excluding carboxylic acids is 2. The largest absolute Gasteiger partial charge is 0.497 e. The molecule has 2 N–H and O–H groups in total. The van der Waals surface area contributed by atoms with Gasteiger partial charge in [-0.05, 0) is 44.0 Å². The minimum absolute atomic E-state index is 0.249. The minimum Gasteiger partial charge on any atom is -0.497 e. The number of rotatable bonds is 5. The molecule has 1 heterocycles. The Hall–Kier alpha value is -2.44. The maximum absolute atomic E-state index is 12.2. The summed E-state index contributed by atoms with van der Waals surface area (Å²) in [5.74, 6) is 0.488. The fraction of sp³-hybridized carbons (Fsp3) is 0.467. The van der Waals surface area contributed by atoms with Gasteiger partial charge in [-0.2, -0.15) is 0 Å². The van der Waals surface area contributed by atoms with Crippen molar-refractivity contribution in [1.82, 2.24) is 10.3 Å². The van der Waals surface area contributed by atoms with E-state index in [4.69, 9.17) is 9.47 Å². The zero-order valence-electron chi connectivity index (χ0n) is 12.8. The van der Waals surface area contributed by atoms with Crippen LogP contribution in [0.2, 0.25) is 0 Å². The third kappa shape index (κ3) is 3.81. The third-order valence-electron chi connectivity index (χ3n) is 3.48. The van der Waals surface area contributed by atoms with Crippen molar-refractivity contribution in [3.05, 3.63) is 24.3 Å². The Bertz CT molecular complexity index is 518. The smallest absolute Gasteiger partial charge is 0.410 e. The molecule has 1 atom stereocenters. The fourth-order valence-electron chi connectivity index (χ4n) is 2.36. The lowest BCUT2D eigenvalue weighted by atomic mass is 10.2. The van der Waals surface area contributed by atoms with Crippen LogP contribution >= 0.6 is 0 Å². The number of nitrogens with one attached hydrogen (secondary N) is 2. The normalized spacial score (nSPS) is 17.0. The fourth-order valence-corrected chi connectivity index (χ4v) is 2.36. The second-order valence-corrected chi connectivity index (χ2v) is 4.89. The molecule has 1 aliphatic heterocycles. The highest BCUT2D eigenvalue weighted by atomic mass is 16.6. The Morgan fingerprint density at radius 1 is 1.32 bits per heavy atom. The van der Waals surface area contributed by atoms with Gasteiger partial charge in [0.15, 0.2) is 0 Å². The minimum atomic E-state index is -0.496. The first-order chi connectivity index (χ1) is 10.7. The average Bonchev–Trinajstić information content (AvgIpc) is 3.03. The first kappa shape index (κ1) is 15.9. The van der Waals surface area contributed by atoms with E-state index < -0.39 is 12.1 Å². The molecule has 1 aromatic rings. The summed E-state index contributed by atoms with van der Waals surface area (Å²) < 4.78 is 10.0. The summed E-state index contributed by atoms with van der Waals surface area (Å²) in [6.45, 7) is 2.58. The highest BCUT2D eigenvalue weighted by molar-refractivity contribution is 5.87. The molecule has 7 nitrogen and oxygen atoms in total. The van der Waals surface area contributed by atoms with Gasteiger partial charge in [0.25, 0.3) is 5.91 Å². The molecule has 0 saturated carbocycles. The van der Waals surface area contributed by atoms with Crippen LogP contribution in [0.25, 0.3) is 0 Å². The Morgan fingerprint density at radius 2 is 2.05 bits per heavy atom. The summed E-state index contributed by atoms with van der Waals surface area (Å²) >= 11 is 0. The van der Waals surface area contributed by atoms with Crippen molar-refractivity contribution < 1.29 is 19.1 Å². The van der Waals surface area contributed by atoms with Gasteiger partial charge < -0.3 is 9.47 Å². The molecule has 1 fully saturated rings. The quantitative estimate of drug-likeness (QED) is 0.810. The number of carbonyl (C=O) groups is 2. The summed E-state index contributed by atoms with van der Waals surface area (Å²) in [4.78, 5) is 25.5. The lowest BCUT2D eigenvalue weighted by Crippen LogP contribution is -2.47. The number of nitrogens with zero attached hydrogens (tertiary/aromatic N) is 1. The summed E-state index contributed by atoms with van der Waals surface area (Å²) in [7, 11) is 1.59. The monoisotopic (exact) mass is 307 g/mol. The number of hydrazine groups is 1. The second kappa shape index (κ2) is 7.53. The van der Waals surface area contributed by atoms with Crippen molar-refractivity contribution in [3.8, 4) is 5.75 Å². The first-order valence-corrected chi connectivity index (χ1v) is 7.29. The van der Waals surface area contributed by atoms with Crippen LogP contribution < -0.4 is 15.6 Å².